The van der Waals surface area contributed by atoms with Gasteiger partial charge in [-0.15, -0.1) is 0 Å². The van der Waals surface area contributed by atoms with Crippen molar-refractivity contribution < 1.29 is 19.7 Å². The first-order chi connectivity index (χ1) is 7.48. The summed E-state index contributed by atoms with van der Waals surface area (Å²) in [4.78, 5) is 2.17. The van der Waals surface area contributed by atoms with Gasteiger partial charge < -0.3 is 19.7 Å². The van der Waals surface area contributed by atoms with Crippen molar-refractivity contribution in [2.24, 2.45) is 0 Å². The average molecular weight is 229 g/mol. The highest BCUT2D eigenvalue weighted by Crippen LogP contribution is 2.40. The largest absolute Gasteiger partial charge is 0.390 e. The van der Waals surface area contributed by atoms with Gasteiger partial charge in [0.1, 0.15) is 12.2 Å². The Morgan fingerprint density at radius 2 is 2.00 bits per heavy atom. The van der Waals surface area contributed by atoms with E-state index in [1.54, 1.807) is 0 Å². The van der Waals surface area contributed by atoms with Crippen LogP contribution in [0.4, 0.5) is 0 Å². The van der Waals surface area contributed by atoms with Gasteiger partial charge in [0.15, 0.2) is 5.79 Å². The molecule has 3 fully saturated rings. The highest BCUT2D eigenvalue weighted by atomic mass is 16.8. The molecule has 0 aliphatic carbocycles. The molecule has 0 saturated carbocycles. The van der Waals surface area contributed by atoms with E-state index < -0.39 is 18.0 Å². The quantitative estimate of drug-likeness (QED) is 0.576. The van der Waals surface area contributed by atoms with E-state index in [4.69, 9.17) is 9.47 Å². The molecule has 0 aromatic rings. The van der Waals surface area contributed by atoms with Crippen LogP contribution in [0.3, 0.4) is 0 Å². The van der Waals surface area contributed by atoms with Crippen molar-refractivity contribution in [3.8, 4) is 0 Å². The molecule has 3 saturated heterocycles. The van der Waals surface area contributed by atoms with Crippen LogP contribution in [0.5, 0.6) is 0 Å². The summed E-state index contributed by atoms with van der Waals surface area (Å²) in [6.07, 6.45) is -0.811. The monoisotopic (exact) mass is 229 g/mol. The van der Waals surface area contributed by atoms with Crippen molar-refractivity contribution >= 4 is 0 Å². The lowest BCUT2D eigenvalue weighted by molar-refractivity contribution is -0.177. The third kappa shape index (κ3) is 1.50. The van der Waals surface area contributed by atoms with Crippen LogP contribution in [0.2, 0.25) is 0 Å². The molecule has 0 amide bonds. The Labute approximate surface area is 94.9 Å². The van der Waals surface area contributed by atoms with Crippen molar-refractivity contribution in [1.29, 1.82) is 0 Å². The third-order valence-corrected chi connectivity index (χ3v) is 3.85. The number of nitrogens with zero attached hydrogens (tertiary/aromatic N) is 1. The molecule has 16 heavy (non-hydrogen) atoms. The van der Waals surface area contributed by atoms with E-state index in [9.17, 15) is 10.2 Å². The van der Waals surface area contributed by atoms with Crippen LogP contribution >= 0.6 is 0 Å². The summed E-state index contributed by atoms with van der Waals surface area (Å²) in [6.45, 7) is 5.38. The fourth-order valence-electron chi connectivity index (χ4n) is 3.20. The van der Waals surface area contributed by atoms with Gasteiger partial charge in [-0.1, -0.05) is 0 Å². The number of aliphatic hydroxyl groups is 2. The van der Waals surface area contributed by atoms with Gasteiger partial charge in [0.05, 0.1) is 18.2 Å². The smallest absolute Gasteiger partial charge is 0.163 e. The van der Waals surface area contributed by atoms with Crippen molar-refractivity contribution in [3.05, 3.63) is 0 Å². The number of hydrogen-bond acceptors (Lipinski definition) is 5. The third-order valence-electron chi connectivity index (χ3n) is 3.85. The normalized spacial score (nSPS) is 51.4. The summed E-state index contributed by atoms with van der Waals surface area (Å²) in [6, 6.07) is -0.115. The molecule has 2 N–H and O–H groups in total. The Kier molecular flexibility index (Phi) is 2.32. The number of rotatable bonds is 0. The van der Waals surface area contributed by atoms with Crippen LogP contribution in [-0.2, 0) is 9.47 Å². The van der Waals surface area contributed by atoms with Crippen molar-refractivity contribution in [1.82, 2.24) is 4.90 Å². The molecule has 3 aliphatic rings. The van der Waals surface area contributed by atoms with Gasteiger partial charge in [0, 0.05) is 13.1 Å². The topological polar surface area (TPSA) is 62.2 Å². The van der Waals surface area contributed by atoms with Crippen LogP contribution in [0, 0.1) is 0 Å². The second-order valence-corrected chi connectivity index (χ2v) is 5.47. The zero-order chi connectivity index (χ0) is 11.5. The maximum absolute atomic E-state index is 10.0. The molecular formula is C11H19NO4. The minimum atomic E-state index is -0.721. The summed E-state index contributed by atoms with van der Waals surface area (Å²) in [7, 11) is 0. The summed E-state index contributed by atoms with van der Waals surface area (Å²) < 4.78 is 11.6. The molecule has 0 unspecified atom stereocenters. The van der Waals surface area contributed by atoms with Gasteiger partial charge in [0.2, 0.25) is 0 Å². The van der Waals surface area contributed by atoms with E-state index in [0.29, 0.717) is 6.42 Å². The lowest BCUT2D eigenvalue weighted by Gasteiger charge is -2.39. The number of hydrogen-bond donors (Lipinski definition) is 2. The first-order valence-corrected chi connectivity index (χ1v) is 5.94. The fourth-order valence-corrected chi connectivity index (χ4v) is 3.20. The molecule has 92 valence electrons. The molecule has 3 heterocycles. The van der Waals surface area contributed by atoms with Crippen LogP contribution in [0.25, 0.3) is 0 Å². The van der Waals surface area contributed by atoms with Gasteiger partial charge in [-0.3, -0.25) is 4.90 Å². The SMILES string of the molecule is CC1(C)O[C@H]2[C@H]3[C@H](O)[C@H](O)CCN3C[C@H]2O1. The highest BCUT2D eigenvalue weighted by Gasteiger charge is 2.56. The molecule has 5 nitrogen and oxygen atoms in total. The van der Waals surface area contributed by atoms with E-state index in [0.717, 1.165) is 13.1 Å². The lowest BCUT2D eigenvalue weighted by atomic mass is 9.94. The predicted molar refractivity (Wildman–Crippen MR) is 55.8 cm³/mol. The summed E-state index contributed by atoms with van der Waals surface area (Å²) in [5.41, 5.74) is 0. The number of fused-ring (bicyclic) bond motifs is 3. The molecule has 0 radical (unpaired) electrons. The minimum Gasteiger partial charge on any atom is -0.390 e. The van der Waals surface area contributed by atoms with Crippen LogP contribution < -0.4 is 0 Å². The maximum Gasteiger partial charge on any atom is 0.163 e. The zero-order valence-corrected chi connectivity index (χ0v) is 9.67. The summed E-state index contributed by atoms with van der Waals surface area (Å²) >= 11 is 0. The molecule has 3 rings (SSSR count). The molecule has 3 aliphatic heterocycles. The van der Waals surface area contributed by atoms with Gasteiger partial charge in [-0.25, -0.2) is 0 Å². The van der Waals surface area contributed by atoms with Crippen LogP contribution in [0.15, 0.2) is 0 Å². The molecule has 5 atom stereocenters. The van der Waals surface area contributed by atoms with Crippen molar-refractivity contribution in [2.75, 3.05) is 13.1 Å². The maximum atomic E-state index is 10.0. The van der Waals surface area contributed by atoms with E-state index >= 15 is 0 Å². The molecule has 0 aromatic carbocycles. The average Bonchev–Trinajstić information content (AvgIpc) is 2.63. The Balaban J connectivity index is 1.82. The van der Waals surface area contributed by atoms with Crippen LogP contribution in [-0.4, -0.2) is 64.4 Å². The first-order valence-electron chi connectivity index (χ1n) is 5.94. The van der Waals surface area contributed by atoms with Gasteiger partial charge in [-0.2, -0.15) is 0 Å². The molecule has 0 aromatic heterocycles. The van der Waals surface area contributed by atoms with Gasteiger partial charge >= 0.3 is 0 Å². The molecule has 0 bridgehead atoms. The second kappa shape index (κ2) is 3.40. The highest BCUT2D eigenvalue weighted by molar-refractivity contribution is 5.06. The van der Waals surface area contributed by atoms with E-state index in [2.05, 4.69) is 4.90 Å². The standard InChI is InChI=1S/C11H19NO4/c1-11(2)15-7-5-12-4-3-6(13)9(14)8(12)10(7)16-11/h6-10,13-14H,3-5H2,1-2H3/t6-,7-,8-,9-,10-/m1/s1. The Hall–Kier alpha value is -0.200. The second-order valence-electron chi connectivity index (χ2n) is 5.47. The van der Waals surface area contributed by atoms with E-state index in [1.165, 1.54) is 0 Å². The van der Waals surface area contributed by atoms with Crippen LogP contribution in [0.1, 0.15) is 20.3 Å². The van der Waals surface area contributed by atoms with E-state index in [-0.39, 0.29) is 18.2 Å². The van der Waals surface area contributed by atoms with E-state index in [1.807, 2.05) is 13.8 Å². The van der Waals surface area contributed by atoms with Gasteiger partial charge in [0.25, 0.3) is 0 Å². The Morgan fingerprint density at radius 3 is 2.75 bits per heavy atom. The molecule has 5 heteroatoms. The summed E-state index contributed by atoms with van der Waals surface area (Å²) in [5.74, 6) is -0.566. The first kappa shape index (κ1) is 10.9. The summed E-state index contributed by atoms with van der Waals surface area (Å²) in [5, 5.41) is 19.7. The molecular weight excluding hydrogens is 210 g/mol. The predicted octanol–water partition coefficient (Wildman–Crippen LogP) is -0.684. The zero-order valence-electron chi connectivity index (χ0n) is 9.67. The Bertz CT molecular complexity index is 294. The number of ether oxygens (including phenoxy) is 2. The minimum absolute atomic E-state index is 0.0277. The number of aliphatic hydroxyl groups excluding tert-OH is 2. The Morgan fingerprint density at radius 1 is 1.25 bits per heavy atom. The lowest BCUT2D eigenvalue weighted by Crippen LogP contribution is -2.56. The molecule has 0 spiro atoms. The number of piperidine rings is 1. The fraction of sp³-hybridized carbons (Fsp3) is 1.00. The van der Waals surface area contributed by atoms with Crippen molar-refractivity contribution in [3.63, 3.8) is 0 Å². The van der Waals surface area contributed by atoms with Crippen molar-refractivity contribution in [2.45, 2.75) is 56.5 Å². The van der Waals surface area contributed by atoms with Gasteiger partial charge in [-0.05, 0) is 20.3 Å².